The number of carboxylic acid groups (broad SMARTS) is 2. The second kappa shape index (κ2) is 24.0. The number of carboxylic acids is 2. The van der Waals surface area contributed by atoms with Gasteiger partial charge in [-0.2, -0.15) is 0 Å². The predicted octanol–water partition coefficient (Wildman–Crippen LogP) is 2.66. The lowest BCUT2D eigenvalue weighted by Crippen LogP contribution is -2.61. The van der Waals surface area contributed by atoms with E-state index in [4.69, 9.17) is 0 Å². The molecule has 20 heteroatoms. The number of rotatable bonds is 25. The minimum atomic E-state index is -1.53. The monoisotopic (exact) mass is 953 g/mol. The van der Waals surface area contributed by atoms with E-state index >= 15 is 0 Å². The zero-order valence-electron chi connectivity index (χ0n) is 41.0. The number of likely N-dealkylation sites (N-methyl/N-ethyl adjacent to an activating group) is 2. The van der Waals surface area contributed by atoms with Crippen LogP contribution in [0.1, 0.15) is 99.5 Å². The van der Waals surface area contributed by atoms with Crippen LogP contribution in [0, 0.1) is 17.2 Å². The highest BCUT2D eigenvalue weighted by Gasteiger charge is 2.43. The van der Waals surface area contributed by atoms with Crippen LogP contribution in [0.15, 0.2) is 48.2 Å². The smallest absolute Gasteiger partial charge is 0.326 e. The molecule has 1 unspecified atom stereocenters. The van der Waals surface area contributed by atoms with Crippen molar-refractivity contribution in [1.82, 2.24) is 41.0 Å². The quantitative estimate of drug-likeness (QED) is 0.0431. The number of carbonyl (C=O) groups excluding carboxylic acids is 7. The number of fused-ring (bicyclic) bond motifs is 1. The Balaban J connectivity index is 1.62. The molecule has 374 valence electrons. The third kappa shape index (κ3) is 14.8. The molecule has 68 heavy (non-hydrogen) atoms. The summed E-state index contributed by atoms with van der Waals surface area (Å²) in [6, 6.07) is -0.967. The minimum Gasteiger partial charge on any atom is -0.480 e. The average Bonchev–Trinajstić information content (AvgIpc) is 3.76. The number of nitrogens with one attached hydrogen (secondary N) is 5. The van der Waals surface area contributed by atoms with Gasteiger partial charge in [-0.25, -0.2) is 14.0 Å². The number of hydrogen-bond donors (Lipinski definition) is 7. The van der Waals surface area contributed by atoms with Crippen LogP contribution < -0.4 is 26.6 Å². The van der Waals surface area contributed by atoms with Crippen molar-refractivity contribution in [2.45, 2.75) is 130 Å². The van der Waals surface area contributed by atoms with E-state index in [2.05, 4.69) is 26.6 Å². The van der Waals surface area contributed by atoms with Crippen molar-refractivity contribution in [3.8, 4) is 0 Å². The Bertz CT molecular complexity index is 2280. The van der Waals surface area contributed by atoms with Crippen LogP contribution in [0.4, 0.5) is 4.39 Å². The molecule has 1 aliphatic heterocycles. The van der Waals surface area contributed by atoms with Crippen LogP contribution in [0.25, 0.3) is 10.9 Å². The van der Waals surface area contributed by atoms with Crippen molar-refractivity contribution in [3.63, 3.8) is 0 Å². The van der Waals surface area contributed by atoms with E-state index in [1.807, 2.05) is 66.3 Å². The van der Waals surface area contributed by atoms with Crippen LogP contribution in [-0.2, 0) is 55.6 Å². The number of halogens is 1. The Morgan fingerprint density at radius 1 is 0.838 bits per heavy atom. The fraction of sp³-hybridized carbons (Fsp3) is 0.562. The molecule has 1 aliphatic rings. The summed E-state index contributed by atoms with van der Waals surface area (Å²) in [5.74, 6) is -7.27. The Morgan fingerprint density at radius 3 is 2.00 bits per heavy atom. The highest BCUT2D eigenvalue weighted by Crippen LogP contribution is 2.35. The fourth-order valence-electron chi connectivity index (χ4n) is 8.14. The minimum absolute atomic E-state index is 0.00309. The fourth-order valence-corrected chi connectivity index (χ4v) is 8.14. The molecule has 5 atom stereocenters. The molecule has 2 heterocycles. The van der Waals surface area contributed by atoms with Crippen LogP contribution >= 0.6 is 0 Å². The molecule has 0 radical (unpaired) electrons. The van der Waals surface area contributed by atoms with E-state index in [-0.39, 0.29) is 43.8 Å². The normalized spacial score (nSPS) is 15.4. The van der Waals surface area contributed by atoms with Gasteiger partial charge in [-0.3, -0.25) is 38.5 Å². The van der Waals surface area contributed by atoms with Gasteiger partial charge in [-0.1, -0.05) is 54.5 Å². The maximum Gasteiger partial charge on any atom is 0.326 e. The second-order valence-corrected chi connectivity index (χ2v) is 19.2. The Hall–Kier alpha value is -6.44. The lowest BCUT2D eigenvalue weighted by atomic mass is 9.76. The molecular formula is C48H69FN8O11. The molecule has 0 bridgehead atoms. The first kappa shape index (κ1) is 55.9. The summed E-state index contributed by atoms with van der Waals surface area (Å²) in [6.45, 7) is 14.4. The van der Waals surface area contributed by atoms with Crippen LogP contribution in [0.2, 0.25) is 0 Å². The molecule has 2 aromatic rings. The highest BCUT2D eigenvalue weighted by atomic mass is 19.1. The number of aromatic nitrogens is 1. The maximum absolute atomic E-state index is 14.4. The molecule has 0 fully saturated rings. The number of benzene rings is 1. The van der Waals surface area contributed by atoms with E-state index in [1.165, 1.54) is 30.0 Å². The summed E-state index contributed by atoms with van der Waals surface area (Å²) < 4.78 is 16.3. The van der Waals surface area contributed by atoms with Gasteiger partial charge in [0.05, 0.1) is 12.1 Å². The van der Waals surface area contributed by atoms with E-state index in [0.717, 1.165) is 28.1 Å². The van der Waals surface area contributed by atoms with Gasteiger partial charge in [0.25, 0.3) is 11.8 Å². The van der Waals surface area contributed by atoms with Crippen molar-refractivity contribution < 1.29 is 57.8 Å². The topological polar surface area (TPSA) is 266 Å². The van der Waals surface area contributed by atoms with Crippen molar-refractivity contribution in [2.75, 3.05) is 27.2 Å². The summed E-state index contributed by atoms with van der Waals surface area (Å²) in [7, 11) is 5.03. The van der Waals surface area contributed by atoms with Crippen molar-refractivity contribution in [1.29, 1.82) is 0 Å². The SMILES string of the molecule is CN[C@H](C(=O)NC(C(=O)N(C)[C@H](/C=C(\C)C(=O)N[C@H](CCC(=O)N[C@@H](CCCCNC(=O)CCN1C(=O)C=CC1=O)C(=O)O)C(=O)O)C(C)C)C(C)(C)C)C(C)(C)c1cn(C)c2ccc(F)cc12. The van der Waals surface area contributed by atoms with Gasteiger partial charge in [0.15, 0.2) is 0 Å². The predicted molar refractivity (Wildman–Crippen MR) is 251 cm³/mol. The van der Waals surface area contributed by atoms with Gasteiger partial charge in [-0.15, -0.1) is 0 Å². The van der Waals surface area contributed by atoms with Crippen LogP contribution in [0.5, 0.6) is 0 Å². The summed E-state index contributed by atoms with van der Waals surface area (Å²) in [5.41, 5.74) is -0.0858. The molecule has 7 N–H and O–H groups in total. The van der Waals surface area contributed by atoms with Gasteiger partial charge in [-0.05, 0) is 74.8 Å². The first-order chi connectivity index (χ1) is 31.6. The van der Waals surface area contributed by atoms with Crippen LogP contribution in [-0.4, -0.2) is 135 Å². The lowest BCUT2D eigenvalue weighted by molar-refractivity contribution is -0.143. The largest absolute Gasteiger partial charge is 0.480 e. The number of carbonyl (C=O) groups is 9. The first-order valence-corrected chi connectivity index (χ1v) is 22.7. The molecule has 1 aromatic heterocycles. The van der Waals surface area contributed by atoms with Crippen molar-refractivity contribution in [3.05, 3.63) is 59.6 Å². The lowest BCUT2D eigenvalue weighted by Gasteiger charge is -2.39. The summed E-state index contributed by atoms with van der Waals surface area (Å²) >= 11 is 0. The second-order valence-electron chi connectivity index (χ2n) is 19.2. The summed E-state index contributed by atoms with van der Waals surface area (Å²) in [6.07, 6.45) is 5.38. The van der Waals surface area contributed by atoms with Crippen molar-refractivity contribution >= 4 is 64.2 Å². The molecule has 1 aromatic carbocycles. The number of nitrogens with zero attached hydrogens (tertiary/aromatic N) is 3. The van der Waals surface area contributed by atoms with Gasteiger partial charge >= 0.3 is 11.9 Å². The summed E-state index contributed by atoms with van der Waals surface area (Å²) in [4.78, 5) is 117. The third-order valence-corrected chi connectivity index (χ3v) is 12.2. The number of unbranched alkanes of at least 4 members (excludes halogenated alkanes) is 1. The average molecular weight is 953 g/mol. The number of aliphatic carboxylic acids is 2. The van der Waals surface area contributed by atoms with Gasteiger partial charge in [0, 0.05) is 80.3 Å². The molecule has 7 amide bonds. The van der Waals surface area contributed by atoms with E-state index in [0.29, 0.717) is 18.2 Å². The molecule has 0 saturated heterocycles. The maximum atomic E-state index is 14.4. The molecular weight excluding hydrogens is 884 g/mol. The number of amides is 7. The van der Waals surface area contributed by atoms with E-state index in [9.17, 15) is 57.8 Å². The zero-order valence-corrected chi connectivity index (χ0v) is 41.0. The molecule has 19 nitrogen and oxygen atoms in total. The Labute approximate surface area is 396 Å². The molecule has 0 spiro atoms. The van der Waals surface area contributed by atoms with E-state index in [1.54, 1.807) is 20.2 Å². The van der Waals surface area contributed by atoms with Gasteiger partial charge < -0.3 is 46.3 Å². The van der Waals surface area contributed by atoms with Crippen LogP contribution in [0.3, 0.4) is 0 Å². The molecule has 0 aliphatic carbocycles. The van der Waals surface area contributed by atoms with Gasteiger partial charge in [0.2, 0.25) is 29.5 Å². The highest BCUT2D eigenvalue weighted by molar-refractivity contribution is 6.13. The standard InChI is InChI=1S/C48H69FN8O11/c1-27(2)35(56(11)44(64)41(47(4,5)6)54-43(63)40(50-9)48(7,8)31-26-55(10)34-17-15-29(49)25-30(31)34)24-28(3)42(62)53-33(46(67)68)16-18-37(59)52-32(45(65)66)14-12-13-22-51-36(58)21-23-57-38(60)19-20-39(57)61/h15,17,19-20,24-27,32-33,35,40-41,50H,12-14,16,18,21-23H2,1-11H3,(H,51,58)(H,52,59)(H,53,62)(H,54,63)(H,65,66)(H,67,68)/b28-24+/t32-,33+,35+,40+,41?/m0/s1. The first-order valence-electron chi connectivity index (χ1n) is 22.7. The van der Waals surface area contributed by atoms with Gasteiger partial charge in [0.1, 0.15) is 23.9 Å². The number of hydrogen-bond acceptors (Lipinski definition) is 10. The Morgan fingerprint density at radius 2 is 1.44 bits per heavy atom. The molecule has 0 saturated carbocycles. The number of imide groups is 1. The Kier molecular flexibility index (Phi) is 19.7. The molecule has 3 rings (SSSR count). The zero-order chi connectivity index (χ0) is 51.4. The third-order valence-electron chi connectivity index (χ3n) is 12.2. The van der Waals surface area contributed by atoms with E-state index < -0.39 is 107 Å². The number of aryl methyl sites for hydroxylation is 1. The van der Waals surface area contributed by atoms with Crippen molar-refractivity contribution in [2.24, 2.45) is 18.4 Å². The summed E-state index contributed by atoms with van der Waals surface area (Å²) in [5, 5.41) is 33.8.